The first-order chi connectivity index (χ1) is 8.06. The number of aromatic amines is 1. The Labute approximate surface area is 104 Å². The second-order valence-corrected chi connectivity index (χ2v) is 4.90. The molecule has 0 fully saturated rings. The largest absolute Gasteiger partial charge is 0.369 e. The van der Waals surface area contributed by atoms with E-state index in [1.807, 2.05) is 13.8 Å². The van der Waals surface area contributed by atoms with Crippen molar-refractivity contribution in [2.45, 2.75) is 43.5 Å². The molecule has 1 aromatic heterocycles. The monoisotopic (exact) mass is 255 g/mol. The molecule has 0 spiro atoms. The molecule has 0 bridgehead atoms. The molecule has 0 saturated carbocycles. The summed E-state index contributed by atoms with van der Waals surface area (Å²) in [5.41, 5.74) is 5.81. The number of amides is 1. The molecule has 0 saturated heterocycles. The molecule has 1 amide bonds. The van der Waals surface area contributed by atoms with Crippen LogP contribution in [0.1, 0.15) is 32.4 Å². The second kappa shape index (κ2) is 6.44. The molecule has 1 atom stereocenters. The summed E-state index contributed by atoms with van der Waals surface area (Å²) in [5, 5.41) is 0.113. The van der Waals surface area contributed by atoms with Crippen LogP contribution in [0.25, 0.3) is 0 Å². The maximum Gasteiger partial charge on any atom is 0.251 e. The maximum atomic E-state index is 11.4. The van der Waals surface area contributed by atoms with Gasteiger partial charge in [0.05, 0.1) is 5.25 Å². The molecular weight excluding hydrogens is 238 g/mol. The molecule has 5 nitrogen and oxygen atoms in total. The van der Waals surface area contributed by atoms with E-state index >= 15 is 0 Å². The van der Waals surface area contributed by atoms with Crippen molar-refractivity contribution < 1.29 is 4.79 Å². The topological polar surface area (TPSA) is 88.8 Å². The van der Waals surface area contributed by atoms with Gasteiger partial charge in [0.1, 0.15) is 0 Å². The summed E-state index contributed by atoms with van der Waals surface area (Å²) in [6.45, 7) is 3.89. The van der Waals surface area contributed by atoms with Crippen LogP contribution < -0.4 is 11.3 Å². The van der Waals surface area contributed by atoms with Crippen molar-refractivity contribution in [2.24, 2.45) is 5.73 Å². The molecule has 0 aliphatic heterocycles. The number of hydrogen-bond acceptors (Lipinski definition) is 4. The van der Waals surface area contributed by atoms with Gasteiger partial charge in [-0.25, -0.2) is 4.98 Å². The molecule has 6 heteroatoms. The van der Waals surface area contributed by atoms with Gasteiger partial charge in [-0.2, -0.15) is 0 Å². The SMILES string of the molecule is CCCc1cc(=O)[nH]c(S[C@@H](CC)C(N)=O)n1. The van der Waals surface area contributed by atoms with Gasteiger partial charge < -0.3 is 10.7 Å². The maximum absolute atomic E-state index is 11.4. The number of carbonyl (C=O) groups excluding carboxylic acids is 1. The number of nitrogens with two attached hydrogens (primary N) is 1. The standard InChI is InChI=1S/C11H17N3O2S/c1-3-5-7-6-9(15)14-11(13-7)17-8(4-2)10(12)16/h6,8H,3-5H2,1-2H3,(H2,12,16)(H,13,14,15)/t8-/m0/s1. The normalized spacial score (nSPS) is 12.4. The molecule has 0 unspecified atom stereocenters. The summed E-state index contributed by atoms with van der Waals surface area (Å²) in [6, 6.07) is 1.48. The van der Waals surface area contributed by atoms with Crippen LogP contribution >= 0.6 is 11.8 Å². The van der Waals surface area contributed by atoms with E-state index in [1.54, 1.807) is 0 Å². The van der Waals surface area contributed by atoms with Crippen molar-refractivity contribution in [2.75, 3.05) is 0 Å². The highest BCUT2D eigenvalue weighted by Crippen LogP contribution is 2.20. The highest BCUT2D eigenvalue weighted by Gasteiger charge is 2.16. The van der Waals surface area contributed by atoms with Crippen molar-refractivity contribution in [3.63, 3.8) is 0 Å². The molecule has 0 aliphatic rings. The Kier molecular flexibility index (Phi) is 5.21. The van der Waals surface area contributed by atoms with Crippen molar-refractivity contribution in [1.29, 1.82) is 0 Å². The molecule has 1 aromatic rings. The summed E-state index contributed by atoms with van der Waals surface area (Å²) in [5.74, 6) is -0.388. The van der Waals surface area contributed by atoms with Crippen LogP contribution in [0, 0.1) is 0 Å². The third-order valence-corrected chi connectivity index (χ3v) is 3.49. The van der Waals surface area contributed by atoms with E-state index in [0.717, 1.165) is 18.5 Å². The van der Waals surface area contributed by atoms with Crippen LogP contribution in [-0.4, -0.2) is 21.1 Å². The van der Waals surface area contributed by atoms with Gasteiger partial charge in [0.2, 0.25) is 5.91 Å². The smallest absolute Gasteiger partial charge is 0.251 e. The summed E-state index contributed by atoms with van der Waals surface area (Å²) in [4.78, 5) is 29.4. The number of primary amides is 1. The van der Waals surface area contributed by atoms with Gasteiger partial charge in [0.25, 0.3) is 5.56 Å². The number of carbonyl (C=O) groups is 1. The van der Waals surface area contributed by atoms with E-state index in [9.17, 15) is 9.59 Å². The quantitative estimate of drug-likeness (QED) is 0.588. The lowest BCUT2D eigenvalue weighted by molar-refractivity contribution is -0.117. The third-order valence-electron chi connectivity index (χ3n) is 2.22. The van der Waals surface area contributed by atoms with Crippen LogP contribution in [-0.2, 0) is 11.2 Å². The Morgan fingerprint density at radius 1 is 1.59 bits per heavy atom. The first-order valence-corrected chi connectivity index (χ1v) is 6.51. The fourth-order valence-corrected chi connectivity index (χ4v) is 2.28. The van der Waals surface area contributed by atoms with E-state index < -0.39 is 0 Å². The average molecular weight is 255 g/mol. The molecule has 0 aliphatic carbocycles. The van der Waals surface area contributed by atoms with E-state index in [-0.39, 0.29) is 16.7 Å². The predicted octanol–water partition coefficient (Wildman–Crippen LogP) is 1.08. The van der Waals surface area contributed by atoms with Gasteiger partial charge in [-0.3, -0.25) is 9.59 Å². The van der Waals surface area contributed by atoms with Crippen LogP contribution in [0.3, 0.4) is 0 Å². The van der Waals surface area contributed by atoms with Gasteiger partial charge in [0, 0.05) is 11.8 Å². The molecule has 0 radical (unpaired) electrons. The minimum atomic E-state index is -0.388. The average Bonchev–Trinajstić information content (AvgIpc) is 2.25. The minimum absolute atomic E-state index is 0.190. The summed E-state index contributed by atoms with van der Waals surface area (Å²) >= 11 is 1.21. The van der Waals surface area contributed by atoms with Gasteiger partial charge in [-0.05, 0) is 12.8 Å². The lowest BCUT2D eigenvalue weighted by atomic mass is 10.2. The zero-order chi connectivity index (χ0) is 12.8. The Morgan fingerprint density at radius 3 is 2.82 bits per heavy atom. The zero-order valence-electron chi connectivity index (χ0n) is 10.0. The molecule has 17 heavy (non-hydrogen) atoms. The highest BCUT2D eigenvalue weighted by molar-refractivity contribution is 8.00. The fraction of sp³-hybridized carbons (Fsp3) is 0.545. The Bertz CT molecular complexity index is 445. The minimum Gasteiger partial charge on any atom is -0.369 e. The molecule has 1 heterocycles. The van der Waals surface area contributed by atoms with Gasteiger partial charge >= 0.3 is 0 Å². The number of hydrogen-bond donors (Lipinski definition) is 2. The first kappa shape index (κ1) is 13.8. The lowest BCUT2D eigenvalue weighted by Crippen LogP contribution is -2.25. The van der Waals surface area contributed by atoms with Gasteiger partial charge in [-0.1, -0.05) is 32.0 Å². The molecule has 0 aromatic carbocycles. The highest BCUT2D eigenvalue weighted by atomic mass is 32.2. The van der Waals surface area contributed by atoms with E-state index in [2.05, 4.69) is 9.97 Å². The van der Waals surface area contributed by atoms with Gasteiger partial charge in [-0.15, -0.1) is 0 Å². The molecule has 94 valence electrons. The Morgan fingerprint density at radius 2 is 2.29 bits per heavy atom. The lowest BCUT2D eigenvalue weighted by Gasteiger charge is -2.09. The third kappa shape index (κ3) is 4.22. The molecule has 1 rings (SSSR count). The fourth-order valence-electron chi connectivity index (χ4n) is 1.40. The number of nitrogens with zero attached hydrogens (tertiary/aromatic N) is 1. The second-order valence-electron chi connectivity index (χ2n) is 3.71. The van der Waals surface area contributed by atoms with E-state index in [1.165, 1.54) is 17.8 Å². The summed E-state index contributed by atoms with van der Waals surface area (Å²) < 4.78 is 0. The zero-order valence-corrected chi connectivity index (χ0v) is 10.8. The van der Waals surface area contributed by atoms with E-state index in [4.69, 9.17) is 5.73 Å². The van der Waals surface area contributed by atoms with Crippen LogP contribution in [0.15, 0.2) is 16.0 Å². The van der Waals surface area contributed by atoms with E-state index in [0.29, 0.717) is 11.6 Å². The number of aromatic nitrogens is 2. The summed E-state index contributed by atoms with van der Waals surface area (Å²) in [7, 11) is 0. The summed E-state index contributed by atoms with van der Waals surface area (Å²) in [6.07, 6.45) is 2.29. The molecular formula is C11H17N3O2S. The number of nitrogens with one attached hydrogen (secondary N) is 1. The van der Waals surface area contributed by atoms with Crippen molar-refractivity contribution in [3.8, 4) is 0 Å². The Balaban J connectivity index is 2.90. The number of thioether (sulfide) groups is 1. The van der Waals surface area contributed by atoms with Crippen molar-refractivity contribution in [3.05, 3.63) is 22.1 Å². The van der Waals surface area contributed by atoms with Crippen LogP contribution in [0.2, 0.25) is 0 Å². The number of rotatable bonds is 6. The van der Waals surface area contributed by atoms with Crippen molar-refractivity contribution >= 4 is 17.7 Å². The number of H-pyrrole nitrogens is 1. The van der Waals surface area contributed by atoms with Crippen molar-refractivity contribution in [1.82, 2.24) is 9.97 Å². The molecule has 3 N–H and O–H groups in total. The number of aryl methyl sites for hydroxylation is 1. The van der Waals surface area contributed by atoms with Gasteiger partial charge in [0.15, 0.2) is 5.16 Å². The Hall–Kier alpha value is -1.30. The van der Waals surface area contributed by atoms with Crippen LogP contribution in [0.4, 0.5) is 0 Å². The predicted molar refractivity (Wildman–Crippen MR) is 68.0 cm³/mol. The first-order valence-electron chi connectivity index (χ1n) is 5.63. The van der Waals surface area contributed by atoms with Crippen LogP contribution in [0.5, 0.6) is 0 Å².